The van der Waals surface area contributed by atoms with Crippen LogP contribution in [0.25, 0.3) is 33.5 Å². The number of anilines is 1. The highest BCUT2D eigenvalue weighted by Crippen LogP contribution is 2.29. The molecule has 0 atom stereocenters. The van der Waals surface area contributed by atoms with E-state index in [1.54, 1.807) is 24.3 Å². The van der Waals surface area contributed by atoms with Gasteiger partial charge in [-0.15, -0.1) is 0 Å². The molecule has 1 aliphatic rings. The fourth-order valence-corrected chi connectivity index (χ4v) is 4.81. The third-order valence-electron chi connectivity index (χ3n) is 6.22. The average Bonchev–Trinajstić information content (AvgIpc) is 3.54. The molecule has 174 valence electrons. The maximum absolute atomic E-state index is 14.9. The van der Waals surface area contributed by atoms with Gasteiger partial charge in [-0.05, 0) is 67.4 Å². The second kappa shape index (κ2) is 8.78. The second-order valence-electron chi connectivity index (χ2n) is 8.51. The second-order valence-corrected chi connectivity index (χ2v) is 9.42. The predicted octanol–water partition coefficient (Wildman–Crippen LogP) is 6.19. The monoisotopic (exact) mass is 530 g/mol. The van der Waals surface area contributed by atoms with Crippen LogP contribution in [0, 0.1) is 5.82 Å². The van der Waals surface area contributed by atoms with Crippen LogP contribution in [0.4, 0.5) is 10.1 Å². The highest BCUT2D eigenvalue weighted by atomic mass is 79.9. The number of nitrogens with zero attached hydrogens (tertiary/aromatic N) is 4. The van der Waals surface area contributed by atoms with Gasteiger partial charge in [0.25, 0.3) is 5.56 Å². The summed E-state index contributed by atoms with van der Waals surface area (Å²) in [6.07, 6.45) is 3.58. The van der Waals surface area contributed by atoms with E-state index in [0.29, 0.717) is 22.2 Å². The standard InChI is InChI=1S/C27H20BrFN4O2/c28-19-8-10-24-18(13-19)14-25(35-24)26-31-23-6-2-1-5-21(23)27(34)33(26)30-16-17-7-9-20(15-22(17)29)32-11-3-4-12-32/h1-2,5-10,13-16H,3-4,11-12H2. The Kier molecular flexibility index (Phi) is 5.45. The molecule has 0 spiro atoms. The molecule has 0 bridgehead atoms. The van der Waals surface area contributed by atoms with Crippen molar-refractivity contribution in [3.63, 3.8) is 0 Å². The Hall–Kier alpha value is -3.78. The van der Waals surface area contributed by atoms with Gasteiger partial charge in [0.1, 0.15) is 11.4 Å². The molecule has 1 saturated heterocycles. The van der Waals surface area contributed by atoms with Gasteiger partial charge in [-0.3, -0.25) is 4.79 Å². The number of hydrogen-bond donors (Lipinski definition) is 0. The van der Waals surface area contributed by atoms with E-state index in [-0.39, 0.29) is 16.9 Å². The Morgan fingerprint density at radius 3 is 2.69 bits per heavy atom. The van der Waals surface area contributed by atoms with Crippen LogP contribution in [0.2, 0.25) is 0 Å². The van der Waals surface area contributed by atoms with Gasteiger partial charge in [0.15, 0.2) is 5.76 Å². The van der Waals surface area contributed by atoms with Crippen LogP contribution >= 0.6 is 15.9 Å². The van der Waals surface area contributed by atoms with Crippen molar-refractivity contribution in [3.8, 4) is 11.6 Å². The van der Waals surface area contributed by atoms with E-state index in [1.807, 2.05) is 36.4 Å². The van der Waals surface area contributed by atoms with E-state index in [2.05, 4.69) is 30.9 Å². The van der Waals surface area contributed by atoms with Gasteiger partial charge in [-0.1, -0.05) is 28.1 Å². The zero-order valence-electron chi connectivity index (χ0n) is 18.6. The van der Waals surface area contributed by atoms with Crippen LogP contribution in [0.3, 0.4) is 0 Å². The molecular weight excluding hydrogens is 511 g/mol. The molecule has 8 heteroatoms. The Morgan fingerprint density at radius 1 is 1.03 bits per heavy atom. The highest BCUT2D eigenvalue weighted by Gasteiger charge is 2.17. The summed E-state index contributed by atoms with van der Waals surface area (Å²) < 4.78 is 23.0. The molecule has 0 saturated carbocycles. The Balaban J connectivity index is 1.47. The topological polar surface area (TPSA) is 63.6 Å². The first-order chi connectivity index (χ1) is 17.1. The average molecular weight is 531 g/mol. The lowest BCUT2D eigenvalue weighted by molar-refractivity contribution is 0.615. The molecule has 0 unspecified atom stereocenters. The molecule has 0 N–H and O–H groups in total. The quantitative estimate of drug-likeness (QED) is 0.260. The molecule has 5 aromatic rings. The van der Waals surface area contributed by atoms with Crippen LogP contribution in [0.1, 0.15) is 18.4 Å². The van der Waals surface area contributed by atoms with Crippen LogP contribution in [-0.2, 0) is 0 Å². The Bertz CT molecular complexity index is 1670. The van der Waals surface area contributed by atoms with E-state index in [0.717, 1.165) is 41.5 Å². The van der Waals surface area contributed by atoms with Crippen LogP contribution < -0.4 is 10.5 Å². The van der Waals surface area contributed by atoms with Crippen molar-refractivity contribution >= 4 is 49.7 Å². The molecule has 6 rings (SSSR count). The predicted molar refractivity (Wildman–Crippen MR) is 140 cm³/mol. The molecule has 3 heterocycles. The lowest BCUT2D eigenvalue weighted by atomic mass is 10.2. The van der Waals surface area contributed by atoms with Crippen molar-refractivity contribution in [3.05, 3.63) is 92.9 Å². The number of benzene rings is 3. The lowest BCUT2D eigenvalue weighted by Gasteiger charge is -2.17. The fourth-order valence-electron chi connectivity index (χ4n) is 4.43. The number of aromatic nitrogens is 2. The normalized spacial score (nSPS) is 14.1. The first-order valence-electron chi connectivity index (χ1n) is 11.4. The summed E-state index contributed by atoms with van der Waals surface area (Å²) in [7, 11) is 0. The minimum absolute atomic E-state index is 0.242. The number of furan rings is 1. The van der Waals surface area contributed by atoms with Gasteiger partial charge in [0.2, 0.25) is 5.82 Å². The summed E-state index contributed by atoms with van der Waals surface area (Å²) in [6.45, 7) is 1.87. The van der Waals surface area contributed by atoms with Crippen LogP contribution in [0.5, 0.6) is 0 Å². The summed E-state index contributed by atoms with van der Waals surface area (Å²) in [5, 5.41) is 5.64. The van der Waals surface area contributed by atoms with Crippen molar-refractivity contribution in [2.45, 2.75) is 12.8 Å². The molecule has 1 aliphatic heterocycles. The maximum Gasteiger partial charge on any atom is 0.282 e. The maximum atomic E-state index is 14.9. The zero-order valence-corrected chi connectivity index (χ0v) is 20.2. The lowest BCUT2D eigenvalue weighted by Crippen LogP contribution is -2.20. The summed E-state index contributed by atoms with van der Waals surface area (Å²) in [6, 6.07) is 19.6. The third kappa shape index (κ3) is 4.04. The number of para-hydroxylation sites is 1. The number of fused-ring (bicyclic) bond motifs is 2. The smallest absolute Gasteiger partial charge is 0.282 e. The molecule has 35 heavy (non-hydrogen) atoms. The zero-order chi connectivity index (χ0) is 23.9. The van der Waals surface area contributed by atoms with E-state index < -0.39 is 5.82 Å². The Labute approximate surface area is 208 Å². The third-order valence-corrected chi connectivity index (χ3v) is 6.71. The van der Waals surface area contributed by atoms with Crippen molar-refractivity contribution in [2.75, 3.05) is 18.0 Å². The van der Waals surface area contributed by atoms with E-state index in [9.17, 15) is 9.18 Å². The molecule has 3 aromatic carbocycles. The SMILES string of the molecule is O=c1c2ccccc2nc(-c2cc3cc(Br)ccc3o2)n1N=Cc1ccc(N2CCCC2)cc1F. The van der Waals surface area contributed by atoms with Gasteiger partial charge in [0.05, 0.1) is 17.1 Å². The molecule has 0 aliphatic carbocycles. The molecule has 0 amide bonds. The van der Waals surface area contributed by atoms with Gasteiger partial charge >= 0.3 is 0 Å². The van der Waals surface area contributed by atoms with Crippen molar-refractivity contribution in [1.82, 2.24) is 9.66 Å². The number of hydrogen-bond acceptors (Lipinski definition) is 5. The summed E-state index contributed by atoms with van der Waals surface area (Å²) in [4.78, 5) is 20.2. The van der Waals surface area contributed by atoms with Gasteiger partial charge < -0.3 is 9.32 Å². The minimum atomic E-state index is -0.393. The van der Waals surface area contributed by atoms with Crippen LogP contribution in [-0.4, -0.2) is 29.0 Å². The van der Waals surface area contributed by atoms with Crippen molar-refractivity contribution in [2.24, 2.45) is 5.10 Å². The first-order valence-corrected chi connectivity index (χ1v) is 12.2. The number of rotatable bonds is 4. The van der Waals surface area contributed by atoms with Crippen molar-refractivity contribution in [1.29, 1.82) is 0 Å². The molecular formula is C27H20BrFN4O2. The minimum Gasteiger partial charge on any atom is -0.453 e. The molecule has 1 fully saturated rings. The summed E-state index contributed by atoms with van der Waals surface area (Å²) >= 11 is 3.47. The fraction of sp³-hybridized carbons (Fsp3) is 0.148. The van der Waals surface area contributed by atoms with E-state index >= 15 is 0 Å². The van der Waals surface area contributed by atoms with E-state index in [4.69, 9.17) is 4.42 Å². The number of halogens is 2. The van der Waals surface area contributed by atoms with Gasteiger partial charge in [-0.25, -0.2) is 9.37 Å². The van der Waals surface area contributed by atoms with Crippen molar-refractivity contribution < 1.29 is 8.81 Å². The molecule has 2 aromatic heterocycles. The summed E-state index contributed by atoms with van der Waals surface area (Å²) in [5.41, 5.74) is 1.97. The first kappa shape index (κ1) is 21.7. The van der Waals surface area contributed by atoms with E-state index in [1.165, 1.54) is 17.0 Å². The largest absolute Gasteiger partial charge is 0.453 e. The van der Waals surface area contributed by atoms with Gasteiger partial charge in [-0.2, -0.15) is 9.78 Å². The van der Waals surface area contributed by atoms with Crippen LogP contribution in [0.15, 0.2) is 85.5 Å². The highest BCUT2D eigenvalue weighted by molar-refractivity contribution is 9.10. The molecule has 0 radical (unpaired) electrons. The summed E-state index contributed by atoms with van der Waals surface area (Å²) in [5.74, 6) is 0.240. The Morgan fingerprint density at radius 2 is 1.86 bits per heavy atom. The molecule has 6 nitrogen and oxygen atoms in total. The van der Waals surface area contributed by atoms with Gasteiger partial charge in [0, 0.05) is 34.2 Å².